The van der Waals surface area contributed by atoms with Gasteiger partial charge in [0.1, 0.15) is 0 Å². The van der Waals surface area contributed by atoms with Crippen molar-refractivity contribution < 1.29 is 19.0 Å². The van der Waals surface area contributed by atoms with Crippen molar-refractivity contribution in [3.8, 4) is 0 Å². The maximum atomic E-state index is 11.9. The largest absolute Gasteiger partial charge is 0.469 e. The lowest BCUT2D eigenvalue weighted by Crippen LogP contribution is -2.44. The van der Waals surface area contributed by atoms with Gasteiger partial charge in [-0.05, 0) is 19.3 Å². The highest BCUT2D eigenvalue weighted by molar-refractivity contribution is 6.18. The van der Waals surface area contributed by atoms with Gasteiger partial charge in [0.15, 0.2) is 5.79 Å². The number of esters is 1. The summed E-state index contributed by atoms with van der Waals surface area (Å²) in [5.74, 6) is -0.112. The van der Waals surface area contributed by atoms with Crippen LogP contribution in [0.4, 0.5) is 0 Å². The molecule has 0 unspecified atom stereocenters. The molecule has 1 aliphatic carbocycles. The van der Waals surface area contributed by atoms with Gasteiger partial charge in [0.2, 0.25) is 0 Å². The van der Waals surface area contributed by atoms with E-state index in [0.29, 0.717) is 25.5 Å². The molecule has 5 heteroatoms. The Balaban J connectivity index is 2.04. The lowest BCUT2D eigenvalue weighted by molar-refractivity contribution is -0.198. The molecule has 17 heavy (non-hydrogen) atoms. The van der Waals surface area contributed by atoms with Crippen LogP contribution in [-0.2, 0) is 19.0 Å². The van der Waals surface area contributed by atoms with Gasteiger partial charge >= 0.3 is 5.97 Å². The third-order valence-corrected chi connectivity index (χ3v) is 4.16. The summed E-state index contributed by atoms with van der Waals surface area (Å²) in [6, 6.07) is 0. The fourth-order valence-electron chi connectivity index (χ4n) is 2.85. The molecule has 0 N–H and O–H groups in total. The SMILES string of the molecule is COC(=O)C1(CCCl)CCC2(CC1)OCCO2. The highest BCUT2D eigenvalue weighted by atomic mass is 35.5. The second kappa shape index (κ2) is 5.12. The number of hydrogen-bond acceptors (Lipinski definition) is 4. The van der Waals surface area contributed by atoms with Crippen molar-refractivity contribution in [1.82, 2.24) is 0 Å². The smallest absolute Gasteiger partial charge is 0.311 e. The molecule has 0 radical (unpaired) electrons. The number of carbonyl (C=O) groups excluding carboxylic acids is 1. The summed E-state index contributed by atoms with van der Waals surface area (Å²) in [7, 11) is 1.44. The zero-order valence-corrected chi connectivity index (χ0v) is 10.9. The Morgan fingerprint density at radius 1 is 1.24 bits per heavy atom. The average molecular weight is 263 g/mol. The highest BCUT2D eigenvalue weighted by Gasteiger charge is 2.49. The van der Waals surface area contributed by atoms with Crippen molar-refractivity contribution >= 4 is 17.6 Å². The summed E-state index contributed by atoms with van der Waals surface area (Å²) in [5.41, 5.74) is -0.433. The molecule has 1 aliphatic heterocycles. The van der Waals surface area contributed by atoms with Crippen LogP contribution >= 0.6 is 11.6 Å². The number of rotatable bonds is 3. The number of alkyl halides is 1. The molecule has 1 heterocycles. The average Bonchev–Trinajstić information content (AvgIpc) is 2.81. The lowest BCUT2D eigenvalue weighted by Gasteiger charge is -2.41. The van der Waals surface area contributed by atoms with E-state index in [1.807, 2.05) is 0 Å². The Labute approximate surface area is 107 Å². The Hall–Kier alpha value is -0.320. The minimum atomic E-state index is -0.441. The number of hydrogen-bond donors (Lipinski definition) is 0. The van der Waals surface area contributed by atoms with Crippen molar-refractivity contribution in [2.24, 2.45) is 5.41 Å². The summed E-state index contributed by atoms with van der Waals surface area (Å²) >= 11 is 5.81. The summed E-state index contributed by atoms with van der Waals surface area (Å²) in [6.45, 7) is 1.31. The van der Waals surface area contributed by atoms with Crippen LogP contribution in [0.5, 0.6) is 0 Å². The number of halogens is 1. The van der Waals surface area contributed by atoms with Gasteiger partial charge in [-0.2, -0.15) is 0 Å². The first-order chi connectivity index (χ1) is 8.16. The Morgan fingerprint density at radius 3 is 2.29 bits per heavy atom. The third kappa shape index (κ3) is 2.44. The number of ether oxygens (including phenoxy) is 3. The normalized spacial score (nSPS) is 26.0. The summed E-state index contributed by atoms with van der Waals surface area (Å²) in [4.78, 5) is 11.9. The molecule has 98 valence electrons. The van der Waals surface area contributed by atoms with E-state index in [0.717, 1.165) is 25.7 Å². The topological polar surface area (TPSA) is 44.8 Å². The molecule has 0 aromatic heterocycles. The number of carbonyl (C=O) groups is 1. The van der Waals surface area contributed by atoms with E-state index in [4.69, 9.17) is 25.8 Å². The van der Waals surface area contributed by atoms with E-state index in [1.165, 1.54) is 7.11 Å². The van der Waals surface area contributed by atoms with Gasteiger partial charge in [-0.1, -0.05) is 0 Å². The van der Waals surface area contributed by atoms with Crippen LogP contribution in [0, 0.1) is 5.41 Å². The van der Waals surface area contributed by atoms with E-state index in [2.05, 4.69) is 0 Å². The zero-order chi connectivity index (χ0) is 12.4. The predicted molar refractivity (Wildman–Crippen MR) is 62.9 cm³/mol. The van der Waals surface area contributed by atoms with Crippen LogP contribution in [-0.4, -0.2) is 38.0 Å². The molecule has 0 bridgehead atoms. The first-order valence-electron chi connectivity index (χ1n) is 6.09. The van der Waals surface area contributed by atoms with E-state index in [-0.39, 0.29) is 5.97 Å². The van der Waals surface area contributed by atoms with E-state index >= 15 is 0 Å². The summed E-state index contributed by atoms with van der Waals surface area (Å²) < 4.78 is 16.2. The van der Waals surface area contributed by atoms with Crippen LogP contribution in [0.2, 0.25) is 0 Å². The molecule has 0 aromatic carbocycles. The van der Waals surface area contributed by atoms with Crippen LogP contribution in [0.1, 0.15) is 32.1 Å². The van der Waals surface area contributed by atoms with Crippen molar-refractivity contribution in [2.75, 3.05) is 26.2 Å². The molecule has 1 spiro atoms. The van der Waals surface area contributed by atoms with Crippen molar-refractivity contribution in [3.63, 3.8) is 0 Å². The van der Waals surface area contributed by atoms with Gasteiger partial charge in [-0.3, -0.25) is 4.79 Å². The quantitative estimate of drug-likeness (QED) is 0.577. The van der Waals surface area contributed by atoms with E-state index in [9.17, 15) is 4.79 Å². The summed E-state index contributed by atoms with van der Waals surface area (Å²) in [6.07, 6.45) is 3.62. The molecule has 2 fully saturated rings. The van der Waals surface area contributed by atoms with Gasteiger partial charge in [-0.15, -0.1) is 11.6 Å². The van der Waals surface area contributed by atoms with E-state index < -0.39 is 11.2 Å². The van der Waals surface area contributed by atoms with Gasteiger partial charge in [-0.25, -0.2) is 0 Å². The lowest BCUT2D eigenvalue weighted by atomic mass is 9.70. The van der Waals surface area contributed by atoms with Gasteiger partial charge in [0.05, 0.1) is 25.7 Å². The minimum Gasteiger partial charge on any atom is -0.469 e. The molecular formula is C12H19ClO4. The van der Waals surface area contributed by atoms with Crippen LogP contribution < -0.4 is 0 Å². The van der Waals surface area contributed by atoms with Gasteiger partial charge in [0, 0.05) is 18.7 Å². The second-order valence-corrected chi connectivity index (χ2v) is 5.20. The van der Waals surface area contributed by atoms with Crippen LogP contribution in [0.3, 0.4) is 0 Å². The standard InChI is InChI=1S/C12H19ClO4/c1-15-10(14)11(6-7-13)2-4-12(5-3-11)16-8-9-17-12/h2-9H2,1H3. The predicted octanol–water partition coefficient (Wildman–Crippen LogP) is 2.09. The van der Waals surface area contributed by atoms with Crippen molar-refractivity contribution in [3.05, 3.63) is 0 Å². The zero-order valence-electron chi connectivity index (χ0n) is 10.2. The maximum absolute atomic E-state index is 11.9. The molecule has 0 atom stereocenters. The molecule has 2 rings (SSSR count). The maximum Gasteiger partial charge on any atom is 0.311 e. The highest BCUT2D eigenvalue weighted by Crippen LogP contribution is 2.47. The molecule has 4 nitrogen and oxygen atoms in total. The van der Waals surface area contributed by atoms with Crippen LogP contribution in [0.25, 0.3) is 0 Å². The molecule has 2 aliphatic rings. The third-order valence-electron chi connectivity index (χ3n) is 3.97. The fourth-order valence-corrected chi connectivity index (χ4v) is 3.21. The molecular weight excluding hydrogens is 244 g/mol. The van der Waals surface area contributed by atoms with Crippen molar-refractivity contribution in [2.45, 2.75) is 37.9 Å². The Bertz CT molecular complexity index is 276. The Morgan fingerprint density at radius 2 is 1.82 bits per heavy atom. The van der Waals surface area contributed by atoms with Gasteiger partial charge in [0.25, 0.3) is 0 Å². The molecule has 1 saturated heterocycles. The van der Waals surface area contributed by atoms with Crippen LogP contribution in [0.15, 0.2) is 0 Å². The first kappa shape index (κ1) is 13.1. The monoisotopic (exact) mass is 262 g/mol. The first-order valence-corrected chi connectivity index (χ1v) is 6.62. The number of methoxy groups -OCH3 is 1. The van der Waals surface area contributed by atoms with Crippen molar-refractivity contribution in [1.29, 1.82) is 0 Å². The minimum absolute atomic E-state index is 0.147. The van der Waals surface area contributed by atoms with Gasteiger partial charge < -0.3 is 14.2 Å². The Kier molecular flexibility index (Phi) is 3.95. The fraction of sp³-hybridized carbons (Fsp3) is 0.917. The molecule has 0 aromatic rings. The molecule has 1 saturated carbocycles. The summed E-state index contributed by atoms with van der Waals surface area (Å²) in [5, 5.41) is 0. The molecule has 0 amide bonds. The van der Waals surface area contributed by atoms with E-state index in [1.54, 1.807) is 0 Å². The second-order valence-electron chi connectivity index (χ2n) is 4.82.